The van der Waals surface area contributed by atoms with Crippen LogP contribution >= 0.6 is 0 Å². The zero-order chi connectivity index (χ0) is 20.1. The number of rotatable bonds is 6. The fraction of sp³-hybridized carbons (Fsp3) is 0.208. The summed E-state index contributed by atoms with van der Waals surface area (Å²) in [4.78, 5) is 31.7. The molecule has 1 N–H and O–H groups in total. The lowest BCUT2D eigenvalue weighted by Gasteiger charge is -2.21. The van der Waals surface area contributed by atoms with Gasteiger partial charge in [-0.1, -0.05) is 66.7 Å². The van der Waals surface area contributed by atoms with Crippen LogP contribution < -0.4 is 5.32 Å². The molecule has 0 spiro atoms. The first-order chi connectivity index (χ1) is 14.2. The second-order valence-electron chi connectivity index (χ2n) is 7.27. The average molecular weight is 385 g/mol. The van der Waals surface area contributed by atoms with Crippen molar-refractivity contribution >= 4 is 11.8 Å². The maximum atomic E-state index is 13.0. The topological polar surface area (TPSA) is 62.3 Å². The molecule has 1 saturated heterocycles. The van der Waals surface area contributed by atoms with E-state index in [1.54, 1.807) is 11.1 Å². The molecule has 2 heterocycles. The van der Waals surface area contributed by atoms with Crippen LogP contribution in [0.15, 0.2) is 85.1 Å². The number of benzene rings is 2. The number of carbonyl (C=O) groups is 2. The van der Waals surface area contributed by atoms with Gasteiger partial charge in [-0.15, -0.1) is 0 Å². The molecular weight excluding hydrogens is 362 g/mol. The summed E-state index contributed by atoms with van der Waals surface area (Å²) >= 11 is 0. The summed E-state index contributed by atoms with van der Waals surface area (Å²) < 4.78 is 0. The van der Waals surface area contributed by atoms with Crippen LogP contribution in [0, 0.1) is 5.92 Å². The van der Waals surface area contributed by atoms with E-state index in [0.717, 1.165) is 16.8 Å². The van der Waals surface area contributed by atoms with Gasteiger partial charge in [-0.25, -0.2) is 0 Å². The number of hydrogen-bond acceptors (Lipinski definition) is 3. The molecule has 146 valence electrons. The summed E-state index contributed by atoms with van der Waals surface area (Å²) in [5, 5.41) is 3.12. The molecule has 1 fully saturated rings. The number of nitrogens with one attached hydrogen (secondary N) is 1. The smallest absolute Gasteiger partial charge is 0.226 e. The molecule has 1 aliphatic heterocycles. The Balaban J connectivity index is 1.47. The lowest BCUT2D eigenvalue weighted by atomic mass is 10.0. The molecule has 2 amide bonds. The maximum absolute atomic E-state index is 13.0. The number of pyridine rings is 1. The van der Waals surface area contributed by atoms with Crippen molar-refractivity contribution in [2.75, 3.05) is 6.54 Å². The van der Waals surface area contributed by atoms with Gasteiger partial charge in [0.15, 0.2) is 0 Å². The van der Waals surface area contributed by atoms with Crippen LogP contribution in [-0.4, -0.2) is 28.2 Å². The van der Waals surface area contributed by atoms with Gasteiger partial charge in [-0.05, 0) is 23.3 Å². The molecule has 4 rings (SSSR count). The molecule has 0 saturated carbocycles. The van der Waals surface area contributed by atoms with E-state index in [-0.39, 0.29) is 30.2 Å². The first-order valence-corrected chi connectivity index (χ1v) is 9.78. The Hall–Kier alpha value is -3.47. The van der Waals surface area contributed by atoms with Gasteiger partial charge in [0.25, 0.3) is 0 Å². The van der Waals surface area contributed by atoms with Crippen LogP contribution in [0.25, 0.3) is 0 Å². The van der Waals surface area contributed by atoms with E-state index in [1.165, 1.54) is 0 Å². The molecule has 5 heteroatoms. The Labute approximate surface area is 170 Å². The molecule has 0 aliphatic carbocycles. The molecule has 29 heavy (non-hydrogen) atoms. The number of carbonyl (C=O) groups excluding carboxylic acids is 2. The van der Waals surface area contributed by atoms with E-state index in [4.69, 9.17) is 0 Å². The van der Waals surface area contributed by atoms with Crippen LogP contribution in [-0.2, 0) is 16.1 Å². The monoisotopic (exact) mass is 385 g/mol. The van der Waals surface area contributed by atoms with E-state index in [0.29, 0.717) is 13.1 Å². The molecule has 1 aromatic heterocycles. The Morgan fingerprint density at radius 1 is 1.00 bits per heavy atom. The van der Waals surface area contributed by atoms with Gasteiger partial charge in [-0.2, -0.15) is 0 Å². The SMILES string of the molecule is O=C(NC(c1ccccc1)c1ccccn1)C1CC(=O)N(Cc2ccccc2)C1. The predicted octanol–water partition coefficient (Wildman–Crippen LogP) is 3.34. The maximum Gasteiger partial charge on any atom is 0.226 e. The van der Waals surface area contributed by atoms with Gasteiger partial charge in [0, 0.05) is 25.7 Å². The summed E-state index contributed by atoms with van der Waals surface area (Å²) in [6.07, 6.45) is 1.96. The van der Waals surface area contributed by atoms with Crippen molar-refractivity contribution in [3.63, 3.8) is 0 Å². The van der Waals surface area contributed by atoms with Gasteiger partial charge in [-0.3, -0.25) is 14.6 Å². The molecule has 5 nitrogen and oxygen atoms in total. The molecule has 2 aromatic carbocycles. The minimum atomic E-state index is -0.360. The Morgan fingerprint density at radius 3 is 2.38 bits per heavy atom. The Bertz CT molecular complexity index is 922. The lowest BCUT2D eigenvalue weighted by Crippen LogP contribution is -2.36. The average Bonchev–Trinajstić information content (AvgIpc) is 3.14. The highest BCUT2D eigenvalue weighted by Crippen LogP contribution is 2.24. The number of nitrogens with zero attached hydrogens (tertiary/aromatic N) is 2. The molecule has 3 aromatic rings. The van der Waals surface area contributed by atoms with E-state index in [9.17, 15) is 9.59 Å². The summed E-state index contributed by atoms with van der Waals surface area (Å²) in [5.74, 6) is -0.461. The van der Waals surface area contributed by atoms with Gasteiger partial charge in [0.05, 0.1) is 17.7 Å². The van der Waals surface area contributed by atoms with Gasteiger partial charge in [0.1, 0.15) is 0 Å². The number of amides is 2. The van der Waals surface area contributed by atoms with Crippen LogP contribution in [0.1, 0.15) is 29.3 Å². The quantitative estimate of drug-likeness (QED) is 0.708. The minimum absolute atomic E-state index is 0.0168. The number of hydrogen-bond donors (Lipinski definition) is 1. The Morgan fingerprint density at radius 2 is 1.69 bits per heavy atom. The highest BCUT2D eigenvalue weighted by Gasteiger charge is 2.35. The van der Waals surface area contributed by atoms with Crippen molar-refractivity contribution in [1.29, 1.82) is 0 Å². The van der Waals surface area contributed by atoms with Crippen LogP contribution in [0.2, 0.25) is 0 Å². The molecule has 1 aliphatic rings. The second kappa shape index (κ2) is 8.69. The molecule has 2 atom stereocenters. The third kappa shape index (κ3) is 4.51. The lowest BCUT2D eigenvalue weighted by molar-refractivity contribution is -0.129. The second-order valence-corrected chi connectivity index (χ2v) is 7.27. The van der Waals surface area contributed by atoms with Crippen LogP contribution in [0.4, 0.5) is 0 Å². The summed E-state index contributed by atoms with van der Waals surface area (Å²) in [5.41, 5.74) is 2.81. The molecule has 0 bridgehead atoms. The first kappa shape index (κ1) is 18.9. The van der Waals surface area contributed by atoms with Gasteiger partial charge < -0.3 is 10.2 Å². The van der Waals surface area contributed by atoms with Crippen LogP contribution in [0.5, 0.6) is 0 Å². The third-order valence-electron chi connectivity index (χ3n) is 5.20. The normalized spacial score (nSPS) is 17.2. The highest BCUT2D eigenvalue weighted by atomic mass is 16.2. The van der Waals surface area contributed by atoms with Crippen molar-refractivity contribution in [2.45, 2.75) is 19.0 Å². The van der Waals surface area contributed by atoms with E-state index in [1.807, 2.05) is 78.9 Å². The summed E-state index contributed by atoms with van der Waals surface area (Å²) in [6, 6.07) is 24.9. The highest BCUT2D eigenvalue weighted by molar-refractivity contribution is 5.89. The molecule has 2 unspecified atom stereocenters. The van der Waals surface area contributed by atoms with Crippen molar-refractivity contribution in [3.8, 4) is 0 Å². The van der Waals surface area contributed by atoms with E-state index in [2.05, 4.69) is 10.3 Å². The van der Waals surface area contributed by atoms with Gasteiger partial charge in [0.2, 0.25) is 11.8 Å². The number of aromatic nitrogens is 1. The molecular formula is C24H23N3O2. The minimum Gasteiger partial charge on any atom is -0.343 e. The summed E-state index contributed by atoms with van der Waals surface area (Å²) in [7, 11) is 0. The largest absolute Gasteiger partial charge is 0.343 e. The fourth-order valence-corrected chi connectivity index (χ4v) is 3.68. The van der Waals surface area contributed by atoms with E-state index >= 15 is 0 Å². The summed E-state index contributed by atoms with van der Waals surface area (Å²) in [6.45, 7) is 0.967. The zero-order valence-corrected chi connectivity index (χ0v) is 16.1. The third-order valence-corrected chi connectivity index (χ3v) is 5.20. The first-order valence-electron chi connectivity index (χ1n) is 9.78. The van der Waals surface area contributed by atoms with Crippen LogP contribution in [0.3, 0.4) is 0 Å². The van der Waals surface area contributed by atoms with Crippen molar-refractivity contribution in [1.82, 2.24) is 15.2 Å². The molecule has 0 radical (unpaired) electrons. The van der Waals surface area contributed by atoms with Gasteiger partial charge >= 0.3 is 0 Å². The van der Waals surface area contributed by atoms with E-state index < -0.39 is 0 Å². The Kier molecular flexibility index (Phi) is 5.66. The predicted molar refractivity (Wildman–Crippen MR) is 111 cm³/mol. The number of likely N-dealkylation sites (tertiary alicyclic amines) is 1. The van der Waals surface area contributed by atoms with Crippen molar-refractivity contribution in [3.05, 3.63) is 102 Å². The van der Waals surface area contributed by atoms with Crippen molar-refractivity contribution in [2.24, 2.45) is 5.92 Å². The van der Waals surface area contributed by atoms with Crippen molar-refractivity contribution < 1.29 is 9.59 Å². The fourth-order valence-electron chi connectivity index (χ4n) is 3.68. The standard InChI is InChI=1S/C24H23N3O2/c28-22-15-20(17-27(22)16-18-9-3-1-4-10-18)24(29)26-23(19-11-5-2-6-12-19)21-13-7-8-14-25-21/h1-14,20,23H,15-17H2,(H,26,29). The zero-order valence-electron chi connectivity index (χ0n) is 16.1.